The van der Waals surface area contributed by atoms with Crippen molar-refractivity contribution in [3.63, 3.8) is 0 Å². The standard InChI is InChI=1S/C21H24N6O4S/c1-31-16-7-9-17(10-8-16)32(29,30)26-13-11-25(12-14-26)19-4-2-3-18-22-21(24-27(18)19)23-20(28)15-5-6-15/h2-4,7-10,15H,5-6,11-14H2,1H3,(H,23,24,28). The highest BCUT2D eigenvalue weighted by Gasteiger charge is 2.31. The zero-order valence-corrected chi connectivity index (χ0v) is 18.5. The number of aromatic nitrogens is 3. The van der Waals surface area contributed by atoms with Crippen LogP contribution in [0.2, 0.25) is 0 Å². The van der Waals surface area contributed by atoms with Crippen molar-refractivity contribution >= 4 is 33.3 Å². The summed E-state index contributed by atoms with van der Waals surface area (Å²) in [5.74, 6) is 1.74. The summed E-state index contributed by atoms with van der Waals surface area (Å²) in [6.07, 6.45) is 1.82. The third kappa shape index (κ3) is 3.89. The number of nitrogens with one attached hydrogen (secondary N) is 1. The Bertz CT molecular complexity index is 1250. The van der Waals surface area contributed by atoms with Crippen LogP contribution in [-0.2, 0) is 14.8 Å². The highest BCUT2D eigenvalue weighted by Crippen LogP contribution is 2.30. The van der Waals surface area contributed by atoms with Crippen LogP contribution in [0.15, 0.2) is 47.4 Å². The Hall–Kier alpha value is -3.18. The Labute approximate surface area is 185 Å². The smallest absolute Gasteiger partial charge is 0.249 e. The van der Waals surface area contributed by atoms with Crippen molar-refractivity contribution in [1.29, 1.82) is 0 Å². The minimum absolute atomic E-state index is 0.0418. The number of fused-ring (bicyclic) bond motifs is 1. The molecule has 0 spiro atoms. The van der Waals surface area contributed by atoms with E-state index in [1.165, 1.54) is 4.31 Å². The van der Waals surface area contributed by atoms with Crippen LogP contribution in [0.1, 0.15) is 12.8 Å². The maximum atomic E-state index is 13.0. The maximum Gasteiger partial charge on any atom is 0.249 e. The topological polar surface area (TPSA) is 109 Å². The van der Waals surface area contributed by atoms with E-state index in [0.29, 0.717) is 37.6 Å². The molecule has 0 radical (unpaired) electrons. The normalized spacial score (nSPS) is 17.5. The second-order valence-corrected chi connectivity index (χ2v) is 9.86. The molecule has 1 saturated heterocycles. The van der Waals surface area contributed by atoms with E-state index >= 15 is 0 Å². The zero-order valence-electron chi connectivity index (χ0n) is 17.6. The number of pyridine rings is 1. The van der Waals surface area contributed by atoms with Crippen LogP contribution in [0.4, 0.5) is 11.8 Å². The van der Waals surface area contributed by atoms with E-state index in [1.54, 1.807) is 35.9 Å². The van der Waals surface area contributed by atoms with Crippen LogP contribution < -0.4 is 15.0 Å². The number of anilines is 2. The van der Waals surface area contributed by atoms with Gasteiger partial charge in [-0.2, -0.15) is 13.8 Å². The quantitative estimate of drug-likeness (QED) is 0.600. The molecule has 5 rings (SSSR count). The molecule has 1 amide bonds. The van der Waals surface area contributed by atoms with Crippen molar-refractivity contribution in [3.05, 3.63) is 42.5 Å². The molecule has 1 aliphatic heterocycles. The number of rotatable bonds is 6. The molecule has 1 aliphatic carbocycles. The van der Waals surface area contributed by atoms with Gasteiger partial charge in [-0.15, -0.1) is 5.10 Å². The molecule has 1 N–H and O–H groups in total. The van der Waals surface area contributed by atoms with Gasteiger partial charge in [0.05, 0.1) is 12.0 Å². The van der Waals surface area contributed by atoms with E-state index in [-0.39, 0.29) is 22.7 Å². The molecule has 1 aromatic carbocycles. The van der Waals surface area contributed by atoms with Crippen molar-refractivity contribution in [3.8, 4) is 5.75 Å². The van der Waals surface area contributed by atoms with Gasteiger partial charge in [0.25, 0.3) is 0 Å². The summed E-state index contributed by atoms with van der Waals surface area (Å²) >= 11 is 0. The van der Waals surface area contributed by atoms with Crippen molar-refractivity contribution in [2.75, 3.05) is 43.5 Å². The number of benzene rings is 1. The Kier molecular flexibility index (Phi) is 5.22. The monoisotopic (exact) mass is 456 g/mol. The summed E-state index contributed by atoms with van der Waals surface area (Å²) in [5.41, 5.74) is 0.627. The lowest BCUT2D eigenvalue weighted by atomic mass is 10.3. The molecule has 2 fully saturated rings. The number of hydrogen-bond acceptors (Lipinski definition) is 7. The van der Waals surface area contributed by atoms with E-state index in [4.69, 9.17) is 4.74 Å². The number of nitrogens with zero attached hydrogens (tertiary/aromatic N) is 5. The van der Waals surface area contributed by atoms with Crippen LogP contribution in [-0.4, -0.2) is 66.5 Å². The van der Waals surface area contributed by atoms with Crippen LogP contribution in [0.5, 0.6) is 5.75 Å². The van der Waals surface area contributed by atoms with Gasteiger partial charge >= 0.3 is 0 Å². The number of carbonyl (C=O) groups is 1. The first-order valence-corrected chi connectivity index (χ1v) is 12.0. The molecule has 11 heteroatoms. The number of amides is 1. The van der Waals surface area contributed by atoms with Crippen LogP contribution in [0.3, 0.4) is 0 Å². The van der Waals surface area contributed by atoms with Gasteiger partial charge in [0, 0.05) is 32.1 Å². The Balaban J connectivity index is 1.31. The predicted molar refractivity (Wildman–Crippen MR) is 118 cm³/mol. The van der Waals surface area contributed by atoms with Crippen LogP contribution >= 0.6 is 0 Å². The summed E-state index contributed by atoms with van der Waals surface area (Å²) in [4.78, 5) is 18.8. The predicted octanol–water partition coefficient (Wildman–Crippen LogP) is 1.60. The van der Waals surface area contributed by atoms with Crippen LogP contribution in [0, 0.1) is 5.92 Å². The number of sulfonamides is 1. The van der Waals surface area contributed by atoms with Gasteiger partial charge in [-0.1, -0.05) is 6.07 Å². The van der Waals surface area contributed by atoms with E-state index in [1.807, 2.05) is 18.2 Å². The molecular formula is C21H24N6O4S. The minimum atomic E-state index is -3.58. The van der Waals surface area contributed by atoms with Gasteiger partial charge in [-0.05, 0) is 49.2 Å². The first-order chi connectivity index (χ1) is 15.5. The zero-order chi connectivity index (χ0) is 22.3. The fourth-order valence-corrected chi connectivity index (χ4v) is 5.22. The number of ether oxygens (including phenoxy) is 1. The molecule has 0 unspecified atom stereocenters. The average Bonchev–Trinajstić information content (AvgIpc) is 3.59. The van der Waals surface area contributed by atoms with E-state index in [2.05, 4.69) is 20.3 Å². The number of hydrogen-bond donors (Lipinski definition) is 1. The molecule has 32 heavy (non-hydrogen) atoms. The van der Waals surface area contributed by atoms with E-state index < -0.39 is 10.0 Å². The first kappa shape index (κ1) is 20.7. The lowest BCUT2D eigenvalue weighted by Gasteiger charge is -2.35. The van der Waals surface area contributed by atoms with Crippen molar-refractivity contribution < 1.29 is 17.9 Å². The van der Waals surface area contributed by atoms with Gasteiger partial charge in [-0.3, -0.25) is 10.1 Å². The van der Waals surface area contributed by atoms with E-state index in [0.717, 1.165) is 18.7 Å². The molecule has 2 aromatic heterocycles. The third-order valence-corrected chi connectivity index (χ3v) is 7.70. The Morgan fingerprint density at radius 2 is 1.78 bits per heavy atom. The number of carbonyl (C=O) groups excluding carboxylic acids is 1. The second-order valence-electron chi connectivity index (χ2n) is 7.92. The molecule has 0 atom stereocenters. The Morgan fingerprint density at radius 1 is 1.06 bits per heavy atom. The van der Waals surface area contributed by atoms with Gasteiger partial charge < -0.3 is 9.64 Å². The van der Waals surface area contributed by atoms with Gasteiger partial charge in [0.15, 0.2) is 5.65 Å². The largest absolute Gasteiger partial charge is 0.497 e. The number of methoxy groups -OCH3 is 1. The SMILES string of the molecule is COc1ccc(S(=O)(=O)N2CCN(c3cccc4nc(NC(=O)C5CC5)nn34)CC2)cc1. The highest BCUT2D eigenvalue weighted by molar-refractivity contribution is 7.89. The Morgan fingerprint density at radius 3 is 2.44 bits per heavy atom. The van der Waals surface area contributed by atoms with Gasteiger partial charge in [-0.25, -0.2) is 8.42 Å². The highest BCUT2D eigenvalue weighted by atomic mass is 32.2. The lowest BCUT2D eigenvalue weighted by Crippen LogP contribution is -2.49. The van der Waals surface area contributed by atoms with Crippen molar-refractivity contribution in [2.45, 2.75) is 17.7 Å². The van der Waals surface area contributed by atoms with Crippen LogP contribution in [0.25, 0.3) is 5.65 Å². The summed E-state index contributed by atoms with van der Waals surface area (Å²) in [6.45, 7) is 1.73. The average molecular weight is 457 g/mol. The van der Waals surface area contributed by atoms with Crippen molar-refractivity contribution in [2.24, 2.45) is 5.92 Å². The summed E-state index contributed by atoms with van der Waals surface area (Å²) in [5, 5.41) is 7.24. The molecule has 1 saturated carbocycles. The number of piperazine rings is 1. The lowest BCUT2D eigenvalue weighted by molar-refractivity contribution is -0.117. The van der Waals surface area contributed by atoms with Crippen molar-refractivity contribution in [1.82, 2.24) is 18.9 Å². The molecule has 3 aromatic rings. The molecule has 0 bridgehead atoms. The molecular weight excluding hydrogens is 432 g/mol. The summed E-state index contributed by atoms with van der Waals surface area (Å²) < 4.78 is 34.3. The fraction of sp³-hybridized carbons (Fsp3) is 0.381. The molecule has 10 nitrogen and oxygen atoms in total. The minimum Gasteiger partial charge on any atom is -0.497 e. The second kappa shape index (κ2) is 8.06. The maximum absolute atomic E-state index is 13.0. The fourth-order valence-electron chi connectivity index (χ4n) is 3.80. The van der Waals surface area contributed by atoms with Gasteiger partial charge in [0.1, 0.15) is 11.6 Å². The van der Waals surface area contributed by atoms with Gasteiger partial charge in [0.2, 0.25) is 21.9 Å². The summed E-state index contributed by atoms with van der Waals surface area (Å²) in [7, 11) is -2.03. The van der Waals surface area contributed by atoms with E-state index in [9.17, 15) is 13.2 Å². The summed E-state index contributed by atoms with van der Waals surface area (Å²) in [6, 6.07) is 12.0. The molecule has 168 valence electrons. The molecule has 2 aliphatic rings. The third-order valence-electron chi connectivity index (χ3n) is 5.78. The first-order valence-electron chi connectivity index (χ1n) is 10.5. The molecule has 3 heterocycles.